The van der Waals surface area contributed by atoms with E-state index in [-0.39, 0.29) is 0 Å². The lowest BCUT2D eigenvalue weighted by Crippen LogP contribution is -2.53. The first kappa shape index (κ1) is 11.5. The van der Waals surface area contributed by atoms with E-state index in [1.165, 1.54) is 17.3 Å². The molecule has 3 nitrogen and oxygen atoms in total. The van der Waals surface area contributed by atoms with Crippen LogP contribution >= 0.6 is 11.8 Å². The summed E-state index contributed by atoms with van der Waals surface area (Å²) in [4.78, 5) is 12.2. The van der Waals surface area contributed by atoms with Gasteiger partial charge in [-0.3, -0.25) is 4.79 Å². The van der Waals surface area contributed by atoms with Crippen LogP contribution in [0.25, 0.3) is 0 Å². The summed E-state index contributed by atoms with van der Waals surface area (Å²) in [6.45, 7) is 4.62. The van der Waals surface area contributed by atoms with Gasteiger partial charge in [0, 0.05) is 4.90 Å². The lowest BCUT2D eigenvalue weighted by atomic mass is 10.1. The van der Waals surface area contributed by atoms with Crippen molar-refractivity contribution in [1.82, 2.24) is 0 Å². The average molecular weight is 238 g/mol. The van der Waals surface area contributed by atoms with E-state index in [0.717, 1.165) is 10.5 Å². The topological polar surface area (TPSA) is 46.5 Å². The summed E-state index contributed by atoms with van der Waals surface area (Å²) >= 11 is 1.40. The van der Waals surface area contributed by atoms with Gasteiger partial charge in [0.2, 0.25) is 0 Å². The van der Waals surface area contributed by atoms with Gasteiger partial charge in [-0.1, -0.05) is 17.7 Å². The number of rotatable bonds is 3. The van der Waals surface area contributed by atoms with Crippen LogP contribution in [0.5, 0.6) is 0 Å². The zero-order chi connectivity index (χ0) is 11.8. The van der Waals surface area contributed by atoms with Crippen molar-refractivity contribution in [2.24, 2.45) is 0 Å². The molecule has 1 saturated heterocycles. The van der Waals surface area contributed by atoms with Crippen LogP contribution in [-0.4, -0.2) is 29.0 Å². The maximum Gasteiger partial charge on any atom is 0.324 e. The number of carboxylic acids is 1. The Morgan fingerprint density at radius 2 is 2.12 bits per heavy atom. The standard InChI is InChI=1S/C12H14O3S/c1-8-3-4-10(9(2)5-8)16-12(11(13)14)6-15-7-12/h3-5H,6-7H2,1-2H3,(H,13,14). The molecule has 16 heavy (non-hydrogen) atoms. The SMILES string of the molecule is Cc1ccc(SC2(C(=O)O)COC2)c(C)c1. The van der Waals surface area contributed by atoms with E-state index in [4.69, 9.17) is 4.74 Å². The van der Waals surface area contributed by atoms with E-state index in [0.29, 0.717) is 13.2 Å². The third-order valence-corrected chi connectivity index (χ3v) is 4.17. The molecule has 1 heterocycles. The molecule has 0 aromatic heterocycles. The molecule has 0 radical (unpaired) electrons. The molecule has 1 aliphatic heterocycles. The summed E-state index contributed by atoms with van der Waals surface area (Å²) in [7, 11) is 0. The molecule has 86 valence electrons. The van der Waals surface area contributed by atoms with Gasteiger partial charge < -0.3 is 9.84 Å². The van der Waals surface area contributed by atoms with Gasteiger partial charge in [0.05, 0.1) is 13.2 Å². The van der Waals surface area contributed by atoms with Crippen LogP contribution in [0.15, 0.2) is 23.1 Å². The fourth-order valence-electron chi connectivity index (χ4n) is 1.64. The first-order valence-corrected chi connectivity index (χ1v) is 5.92. The monoisotopic (exact) mass is 238 g/mol. The average Bonchev–Trinajstić information content (AvgIpc) is 2.13. The van der Waals surface area contributed by atoms with Crippen LogP contribution < -0.4 is 0 Å². The van der Waals surface area contributed by atoms with Crippen molar-refractivity contribution in [3.8, 4) is 0 Å². The number of hydrogen-bond donors (Lipinski definition) is 1. The van der Waals surface area contributed by atoms with Gasteiger partial charge in [0.15, 0.2) is 4.75 Å². The molecule has 0 unspecified atom stereocenters. The maximum absolute atomic E-state index is 11.2. The van der Waals surface area contributed by atoms with Crippen LogP contribution in [0.2, 0.25) is 0 Å². The first-order valence-electron chi connectivity index (χ1n) is 5.11. The van der Waals surface area contributed by atoms with Crippen molar-refractivity contribution in [2.45, 2.75) is 23.5 Å². The third kappa shape index (κ3) is 1.95. The second kappa shape index (κ2) is 4.11. The number of ether oxygens (including phenoxy) is 1. The minimum absolute atomic E-state index is 0.292. The van der Waals surface area contributed by atoms with Gasteiger partial charge in [-0.15, -0.1) is 11.8 Å². The van der Waals surface area contributed by atoms with Crippen molar-refractivity contribution in [2.75, 3.05) is 13.2 Å². The molecule has 1 aromatic rings. The number of thioether (sulfide) groups is 1. The van der Waals surface area contributed by atoms with Crippen LogP contribution in [0.1, 0.15) is 11.1 Å². The van der Waals surface area contributed by atoms with Crippen LogP contribution in [-0.2, 0) is 9.53 Å². The van der Waals surface area contributed by atoms with Crippen LogP contribution in [0.4, 0.5) is 0 Å². The molecule has 0 atom stereocenters. The molecule has 0 bridgehead atoms. The highest BCUT2D eigenvalue weighted by atomic mass is 32.2. The quantitative estimate of drug-likeness (QED) is 0.877. The zero-order valence-electron chi connectivity index (χ0n) is 9.32. The minimum Gasteiger partial charge on any atom is -0.480 e. The largest absolute Gasteiger partial charge is 0.480 e. The summed E-state index contributed by atoms with van der Waals surface area (Å²) in [6.07, 6.45) is 0. The smallest absolute Gasteiger partial charge is 0.324 e. The van der Waals surface area contributed by atoms with Gasteiger partial charge in [0.25, 0.3) is 0 Å². The molecule has 1 aromatic carbocycles. The Labute approximate surface area is 98.8 Å². The Kier molecular flexibility index (Phi) is 2.95. The zero-order valence-corrected chi connectivity index (χ0v) is 10.1. The molecule has 1 fully saturated rings. The molecule has 4 heteroatoms. The Balaban J connectivity index is 2.23. The molecule has 1 N–H and O–H groups in total. The number of benzene rings is 1. The summed E-state index contributed by atoms with van der Waals surface area (Å²) in [5.41, 5.74) is 2.31. The number of aliphatic carboxylic acids is 1. The van der Waals surface area contributed by atoms with Crippen molar-refractivity contribution < 1.29 is 14.6 Å². The van der Waals surface area contributed by atoms with Crippen LogP contribution in [0, 0.1) is 13.8 Å². The van der Waals surface area contributed by atoms with E-state index < -0.39 is 10.7 Å². The summed E-state index contributed by atoms with van der Waals surface area (Å²) < 4.78 is 4.26. The normalized spacial score (nSPS) is 17.9. The number of aryl methyl sites for hydroxylation is 2. The Hall–Kier alpha value is -1.00. The fraction of sp³-hybridized carbons (Fsp3) is 0.417. The van der Waals surface area contributed by atoms with Gasteiger partial charge in [-0.05, 0) is 25.5 Å². The first-order chi connectivity index (χ1) is 7.53. The lowest BCUT2D eigenvalue weighted by molar-refractivity contribution is -0.151. The van der Waals surface area contributed by atoms with Crippen molar-refractivity contribution in [1.29, 1.82) is 0 Å². The molecule has 0 amide bonds. The third-order valence-electron chi connectivity index (χ3n) is 2.70. The number of carbonyl (C=O) groups is 1. The van der Waals surface area contributed by atoms with E-state index in [1.807, 2.05) is 26.0 Å². The minimum atomic E-state index is -0.788. The van der Waals surface area contributed by atoms with E-state index in [9.17, 15) is 9.90 Å². The molecule has 0 aliphatic carbocycles. The molecular formula is C12H14O3S. The number of hydrogen-bond acceptors (Lipinski definition) is 3. The molecule has 1 aliphatic rings. The Bertz CT molecular complexity index is 424. The summed E-state index contributed by atoms with van der Waals surface area (Å²) in [5.74, 6) is -0.788. The second-order valence-corrected chi connectivity index (χ2v) is 5.59. The van der Waals surface area contributed by atoms with E-state index in [1.54, 1.807) is 0 Å². The maximum atomic E-state index is 11.2. The highest BCUT2D eigenvalue weighted by Crippen LogP contribution is 2.40. The highest BCUT2D eigenvalue weighted by Gasteiger charge is 2.47. The lowest BCUT2D eigenvalue weighted by Gasteiger charge is -2.36. The van der Waals surface area contributed by atoms with Crippen LogP contribution in [0.3, 0.4) is 0 Å². The molecule has 2 rings (SSSR count). The second-order valence-electron chi connectivity index (χ2n) is 4.16. The van der Waals surface area contributed by atoms with Gasteiger partial charge in [-0.2, -0.15) is 0 Å². The Morgan fingerprint density at radius 3 is 2.56 bits per heavy atom. The van der Waals surface area contributed by atoms with E-state index >= 15 is 0 Å². The summed E-state index contributed by atoms with van der Waals surface area (Å²) in [5, 5.41) is 9.19. The summed E-state index contributed by atoms with van der Waals surface area (Å²) in [6, 6.07) is 6.06. The van der Waals surface area contributed by atoms with Gasteiger partial charge in [-0.25, -0.2) is 0 Å². The van der Waals surface area contributed by atoms with Crippen molar-refractivity contribution in [3.05, 3.63) is 29.3 Å². The van der Waals surface area contributed by atoms with Gasteiger partial charge >= 0.3 is 5.97 Å². The highest BCUT2D eigenvalue weighted by molar-refractivity contribution is 8.01. The van der Waals surface area contributed by atoms with Crippen molar-refractivity contribution in [3.63, 3.8) is 0 Å². The Morgan fingerprint density at radius 1 is 1.44 bits per heavy atom. The number of carboxylic acid groups (broad SMARTS) is 1. The van der Waals surface area contributed by atoms with Crippen molar-refractivity contribution >= 4 is 17.7 Å². The predicted octanol–water partition coefficient (Wildman–Crippen LogP) is 2.25. The van der Waals surface area contributed by atoms with Gasteiger partial charge in [0.1, 0.15) is 0 Å². The predicted molar refractivity (Wildman–Crippen MR) is 63.0 cm³/mol. The molecule has 0 spiro atoms. The molecule has 0 saturated carbocycles. The van der Waals surface area contributed by atoms with E-state index in [2.05, 4.69) is 6.07 Å². The molecular weight excluding hydrogens is 224 g/mol. The fourth-order valence-corrected chi connectivity index (χ4v) is 2.79.